The number of carboxylic acids is 1. The molecular weight excluding hydrogens is 530 g/mol. The fourth-order valence-electron chi connectivity index (χ4n) is 4.50. The van der Waals surface area contributed by atoms with E-state index >= 15 is 0 Å². The average molecular weight is 566 g/mol. The predicted molar refractivity (Wildman–Crippen MR) is 159 cm³/mol. The second-order valence-electron chi connectivity index (χ2n) is 11.6. The van der Waals surface area contributed by atoms with Crippen LogP contribution in [0.4, 0.5) is 0 Å². The molecule has 0 saturated carbocycles. The molecule has 0 amide bonds. The van der Waals surface area contributed by atoms with Gasteiger partial charge in [0, 0.05) is 55.6 Å². The van der Waals surface area contributed by atoms with Crippen LogP contribution in [0.3, 0.4) is 0 Å². The molecule has 6 nitrogen and oxygen atoms in total. The average Bonchev–Trinajstić information content (AvgIpc) is 3.08. The van der Waals surface area contributed by atoms with E-state index in [9.17, 15) is 9.90 Å². The Labute approximate surface area is 239 Å². The molecular formula is C31H36ClN3O3S. The Hall–Kier alpha value is -3.03. The SMILES string of the molecule is Cc1cc(C)nc(COc2ccc3c(c2)c(SC(C)(C)C)c(CC(C)(C)C(=O)O)n3Cc2ccc(Cl)cc2)n1. The summed E-state index contributed by atoms with van der Waals surface area (Å²) >= 11 is 7.91. The smallest absolute Gasteiger partial charge is 0.309 e. The molecule has 2 aromatic carbocycles. The minimum Gasteiger partial charge on any atom is -0.486 e. The summed E-state index contributed by atoms with van der Waals surface area (Å²) in [4.78, 5) is 22.3. The van der Waals surface area contributed by atoms with Crippen LogP contribution >= 0.6 is 23.4 Å². The number of aryl methyl sites for hydroxylation is 2. The van der Waals surface area contributed by atoms with Crippen LogP contribution in [0, 0.1) is 19.3 Å². The summed E-state index contributed by atoms with van der Waals surface area (Å²) in [6.07, 6.45) is 0.385. The number of carboxylic acid groups (broad SMARTS) is 1. The van der Waals surface area contributed by atoms with Crippen molar-refractivity contribution < 1.29 is 14.6 Å². The van der Waals surface area contributed by atoms with Gasteiger partial charge in [-0.2, -0.15) is 0 Å². The summed E-state index contributed by atoms with van der Waals surface area (Å²) in [5, 5.41) is 11.7. The van der Waals surface area contributed by atoms with Crippen molar-refractivity contribution in [2.24, 2.45) is 5.41 Å². The van der Waals surface area contributed by atoms with Gasteiger partial charge >= 0.3 is 5.97 Å². The van der Waals surface area contributed by atoms with Gasteiger partial charge in [-0.1, -0.05) is 44.5 Å². The van der Waals surface area contributed by atoms with Crippen molar-refractivity contribution in [1.29, 1.82) is 0 Å². The van der Waals surface area contributed by atoms with Gasteiger partial charge in [-0.25, -0.2) is 9.97 Å². The quantitative estimate of drug-likeness (QED) is 0.208. The van der Waals surface area contributed by atoms with Crippen LogP contribution in [0.2, 0.25) is 5.02 Å². The molecule has 1 N–H and O–H groups in total. The van der Waals surface area contributed by atoms with Gasteiger partial charge in [0.1, 0.15) is 12.4 Å². The van der Waals surface area contributed by atoms with Gasteiger partial charge in [0.25, 0.3) is 0 Å². The number of hydrogen-bond donors (Lipinski definition) is 1. The summed E-state index contributed by atoms with van der Waals surface area (Å²) in [5.41, 5.74) is 3.99. The maximum Gasteiger partial charge on any atom is 0.309 e. The molecule has 0 aliphatic carbocycles. The minimum atomic E-state index is -0.945. The molecule has 0 spiro atoms. The number of benzene rings is 2. The Bertz CT molecular complexity index is 1480. The van der Waals surface area contributed by atoms with E-state index in [1.807, 2.05) is 50.2 Å². The maximum absolute atomic E-state index is 12.2. The van der Waals surface area contributed by atoms with Gasteiger partial charge in [0.2, 0.25) is 0 Å². The Morgan fingerprint density at radius 1 is 1.00 bits per heavy atom. The van der Waals surface area contributed by atoms with Gasteiger partial charge in [-0.15, -0.1) is 11.8 Å². The van der Waals surface area contributed by atoms with E-state index in [4.69, 9.17) is 16.3 Å². The van der Waals surface area contributed by atoms with E-state index in [2.05, 4.69) is 47.4 Å². The monoisotopic (exact) mass is 565 g/mol. The van der Waals surface area contributed by atoms with Crippen molar-refractivity contribution in [2.75, 3.05) is 0 Å². The van der Waals surface area contributed by atoms with Crippen molar-refractivity contribution in [3.63, 3.8) is 0 Å². The molecule has 0 aliphatic rings. The van der Waals surface area contributed by atoms with Crippen LogP contribution in [-0.4, -0.2) is 30.4 Å². The molecule has 2 aromatic heterocycles. The third-order valence-electron chi connectivity index (χ3n) is 6.34. The normalized spacial score (nSPS) is 12.2. The van der Waals surface area contributed by atoms with Crippen molar-refractivity contribution in [3.8, 4) is 5.75 Å². The predicted octanol–water partition coefficient (Wildman–Crippen LogP) is 7.87. The molecule has 39 heavy (non-hydrogen) atoms. The van der Waals surface area contributed by atoms with Gasteiger partial charge in [0.15, 0.2) is 5.82 Å². The maximum atomic E-state index is 12.2. The third kappa shape index (κ3) is 7.14. The van der Waals surface area contributed by atoms with Crippen LogP contribution in [0.25, 0.3) is 10.9 Å². The summed E-state index contributed by atoms with van der Waals surface area (Å²) in [6, 6.07) is 15.8. The lowest BCUT2D eigenvalue weighted by Gasteiger charge is -2.24. The highest BCUT2D eigenvalue weighted by molar-refractivity contribution is 8.00. The third-order valence-corrected chi connectivity index (χ3v) is 7.86. The van der Waals surface area contributed by atoms with Crippen molar-refractivity contribution in [3.05, 3.63) is 82.0 Å². The highest BCUT2D eigenvalue weighted by Crippen LogP contribution is 2.44. The Kier molecular flexibility index (Phi) is 8.33. The second-order valence-corrected chi connectivity index (χ2v) is 13.9. The zero-order valence-corrected chi connectivity index (χ0v) is 25.2. The first-order chi connectivity index (χ1) is 18.2. The Morgan fingerprint density at radius 2 is 1.64 bits per heavy atom. The van der Waals surface area contributed by atoms with Gasteiger partial charge in [-0.05, 0) is 69.7 Å². The largest absolute Gasteiger partial charge is 0.486 e. The van der Waals surface area contributed by atoms with E-state index in [-0.39, 0.29) is 11.4 Å². The van der Waals surface area contributed by atoms with Crippen molar-refractivity contribution >= 4 is 40.2 Å². The van der Waals surface area contributed by atoms with E-state index in [1.165, 1.54) is 0 Å². The Balaban J connectivity index is 1.84. The fraction of sp³-hybridized carbons (Fsp3) is 0.387. The number of ether oxygens (including phenoxy) is 1. The first-order valence-electron chi connectivity index (χ1n) is 13.0. The summed E-state index contributed by atoms with van der Waals surface area (Å²) in [5.74, 6) is 0.532. The standard InChI is InChI=1S/C31H36ClN3O3S/c1-19-14-20(2)34-27(33-19)18-38-23-12-13-25-24(15-23)28(39-30(3,4)5)26(16-31(6,7)29(36)37)35(25)17-21-8-10-22(32)11-9-21/h8-15H,16-18H2,1-7H3,(H,36,37). The van der Waals surface area contributed by atoms with Gasteiger partial charge < -0.3 is 14.4 Å². The van der Waals surface area contributed by atoms with Crippen molar-refractivity contribution in [2.45, 2.75) is 77.7 Å². The molecule has 0 saturated heterocycles. The molecule has 0 radical (unpaired) electrons. The molecule has 0 bridgehead atoms. The molecule has 0 fully saturated rings. The topological polar surface area (TPSA) is 77.2 Å². The zero-order chi connectivity index (χ0) is 28.5. The molecule has 2 heterocycles. The number of hydrogen-bond acceptors (Lipinski definition) is 5. The number of aromatic nitrogens is 3. The highest BCUT2D eigenvalue weighted by Gasteiger charge is 2.32. The van der Waals surface area contributed by atoms with Crippen molar-refractivity contribution in [1.82, 2.24) is 14.5 Å². The molecule has 0 unspecified atom stereocenters. The molecule has 4 aromatic rings. The fourth-order valence-corrected chi connectivity index (χ4v) is 5.81. The number of halogens is 1. The van der Waals surface area contributed by atoms with Crippen LogP contribution in [-0.2, 0) is 24.4 Å². The lowest BCUT2D eigenvalue weighted by molar-refractivity contribution is -0.146. The van der Waals surface area contributed by atoms with E-state index in [0.29, 0.717) is 29.6 Å². The number of carbonyl (C=O) groups is 1. The lowest BCUT2D eigenvalue weighted by Crippen LogP contribution is -2.28. The summed E-state index contributed by atoms with van der Waals surface area (Å²) in [7, 11) is 0. The molecule has 206 valence electrons. The number of nitrogens with zero attached hydrogens (tertiary/aromatic N) is 3. The minimum absolute atomic E-state index is 0.0920. The first kappa shape index (κ1) is 29.0. The number of fused-ring (bicyclic) bond motifs is 1. The first-order valence-corrected chi connectivity index (χ1v) is 14.2. The molecule has 0 atom stereocenters. The second kappa shape index (κ2) is 11.2. The van der Waals surface area contributed by atoms with Crippen LogP contribution in [0.15, 0.2) is 53.4 Å². The van der Waals surface area contributed by atoms with E-state index < -0.39 is 11.4 Å². The highest BCUT2D eigenvalue weighted by atomic mass is 35.5. The van der Waals surface area contributed by atoms with Gasteiger partial charge in [-0.3, -0.25) is 4.79 Å². The van der Waals surface area contributed by atoms with E-state index in [0.717, 1.165) is 38.4 Å². The number of rotatable bonds is 9. The Morgan fingerprint density at radius 3 is 2.23 bits per heavy atom. The molecule has 8 heteroatoms. The number of aliphatic carboxylic acids is 1. The zero-order valence-electron chi connectivity index (χ0n) is 23.6. The van der Waals surface area contributed by atoms with Crippen LogP contribution in [0.5, 0.6) is 5.75 Å². The number of thioether (sulfide) groups is 1. The lowest BCUT2D eigenvalue weighted by atomic mass is 9.88. The molecule has 0 aliphatic heterocycles. The van der Waals surface area contributed by atoms with Crippen LogP contribution < -0.4 is 4.74 Å². The van der Waals surface area contributed by atoms with Gasteiger partial charge in [0.05, 0.1) is 5.41 Å². The van der Waals surface area contributed by atoms with E-state index in [1.54, 1.807) is 25.6 Å². The molecule has 4 rings (SSSR count). The summed E-state index contributed by atoms with van der Waals surface area (Å²) in [6.45, 7) is 14.8. The van der Waals surface area contributed by atoms with Crippen LogP contribution in [0.1, 0.15) is 63.1 Å². The summed E-state index contributed by atoms with van der Waals surface area (Å²) < 4.78 is 8.31.